The van der Waals surface area contributed by atoms with Crippen molar-refractivity contribution in [2.24, 2.45) is 0 Å². The van der Waals surface area contributed by atoms with Crippen molar-refractivity contribution >= 4 is 28.8 Å². The molecule has 0 atom stereocenters. The van der Waals surface area contributed by atoms with Crippen LogP contribution in [0.4, 0.5) is 5.82 Å². The number of piperidine rings is 1. The Hall–Kier alpha value is -1.10. The molecule has 0 radical (unpaired) electrons. The lowest BCUT2D eigenvalue weighted by Crippen LogP contribution is -2.46. The van der Waals surface area contributed by atoms with Gasteiger partial charge in [-0.3, -0.25) is 0 Å². The summed E-state index contributed by atoms with van der Waals surface area (Å²) in [5.74, 6) is 1.01. The summed E-state index contributed by atoms with van der Waals surface area (Å²) in [6.45, 7) is 2.81. The van der Waals surface area contributed by atoms with E-state index in [1.807, 2.05) is 23.5 Å². The summed E-state index contributed by atoms with van der Waals surface area (Å²) in [5.41, 5.74) is 1.37. The monoisotopic (exact) mass is 320 g/mol. The smallest absolute Gasteiger partial charge is 0.128 e. The summed E-state index contributed by atoms with van der Waals surface area (Å²) in [4.78, 5) is 8.26. The van der Waals surface area contributed by atoms with Gasteiger partial charge in [0, 0.05) is 30.6 Å². The normalized spacial score (nSPS) is 20.5. The average Bonchev–Trinajstić information content (AvgIpc) is 3.00. The van der Waals surface area contributed by atoms with Gasteiger partial charge in [-0.25, -0.2) is 4.98 Å². The van der Waals surface area contributed by atoms with Crippen molar-refractivity contribution in [3.63, 3.8) is 0 Å². The van der Waals surface area contributed by atoms with Crippen LogP contribution in [0.25, 0.3) is 0 Å². The molecule has 1 saturated heterocycles. The highest BCUT2D eigenvalue weighted by Gasteiger charge is 2.41. The SMILES string of the molecule is Clc1ccc(N2CCC3(CC2)OCCc2sccc23)nc1. The van der Waals surface area contributed by atoms with Gasteiger partial charge in [0.05, 0.1) is 17.2 Å². The minimum Gasteiger partial charge on any atom is -0.370 e. The van der Waals surface area contributed by atoms with Crippen molar-refractivity contribution in [1.29, 1.82) is 0 Å². The van der Waals surface area contributed by atoms with Gasteiger partial charge in [-0.1, -0.05) is 11.6 Å². The molecule has 3 nitrogen and oxygen atoms in total. The van der Waals surface area contributed by atoms with Crippen molar-refractivity contribution in [2.45, 2.75) is 24.9 Å². The molecule has 4 rings (SSSR count). The van der Waals surface area contributed by atoms with Gasteiger partial charge in [-0.05, 0) is 42.0 Å². The predicted octanol–water partition coefficient (Wildman–Crippen LogP) is 3.86. The first-order valence-corrected chi connectivity index (χ1v) is 8.60. The molecule has 0 unspecified atom stereocenters. The lowest BCUT2D eigenvalue weighted by atomic mass is 9.82. The van der Waals surface area contributed by atoms with Gasteiger partial charge in [0.25, 0.3) is 0 Å². The van der Waals surface area contributed by atoms with Gasteiger partial charge >= 0.3 is 0 Å². The summed E-state index contributed by atoms with van der Waals surface area (Å²) in [6, 6.07) is 6.16. The van der Waals surface area contributed by atoms with Crippen LogP contribution in [0.3, 0.4) is 0 Å². The Morgan fingerprint density at radius 2 is 2.10 bits per heavy atom. The Balaban J connectivity index is 1.54. The fourth-order valence-corrected chi connectivity index (χ4v) is 4.49. The van der Waals surface area contributed by atoms with Crippen molar-refractivity contribution in [2.75, 3.05) is 24.6 Å². The van der Waals surface area contributed by atoms with E-state index in [1.165, 1.54) is 10.4 Å². The van der Waals surface area contributed by atoms with E-state index in [-0.39, 0.29) is 5.60 Å². The highest BCUT2D eigenvalue weighted by atomic mass is 35.5. The number of nitrogens with zero attached hydrogens (tertiary/aromatic N) is 2. The molecular formula is C16H17ClN2OS. The second-order valence-electron chi connectivity index (χ2n) is 5.67. The van der Waals surface area contributed by atoms with Gasteiger partial charge < -0.3 is 9.64 Å². The van der Waals surface area contributed by atoms with Crippen molar-refractivity contribution < 1.29 is 4.74 Å². The van der Waals surface area contributed by atoms with Crippen molar-refractivity contribution in [3.05, 3.63) is 45.2 Å². The maximum Gasteiger partial charge on any atom is 0.128 e. The zero-order valence-corrected chi connectivity index (χ0v) is 13.3. The number of anilines is 1. The zero-order chi connectivity index (χ0) is 14.3. The second kappa shape index (κ2) is 5.27. The Labute approximate surface area is 133 Å². The topological polar surface area (TPSA) is 25.4 Å². The van der Waals surface area contributed by atoms with E-state index in [0.29, 0.717) is 5.02 Å². The van der Waals surface area contributed by atoms with E-state index in [0.717, 1.165) is 44.8 Å². The Morgan fingerprint density at radius 3 is 2.86 bits per heavy atom. The molecule has 0 amide bonds. The number of pyridine rings is 1. The number of fused-ring (bicyclic) bond motifs is 2. The number of halogens is 1. The molecule has 0 aliphatic carbocycles. The van der Waals surface area contributed by atoms with Crippen LogP contribution < -0.4 is 4.90 Å². The van der Waals surface area contributed by atoms with Crippen LogP contribution in [0, 0.1) is 0 Å². The van der Waals surface area contributed by atoms with Crippen LogP contribution in [0.15, 0.2) is 29.8 Å². The van der Waals surface area contributed by atoms with Crippen molar-refractivity contribution in [1.82, 2.24) is 4.98 Å². The molecule has 0 N–H and O–H groups in total. The number of aromatic nitrogens is 1. The molecule has 4 heterocycles. The quantitative estimate of drug-likeness (QED) is 0.797. The number of ether oxygens (including phenoxy) is 1. The van der Waals surface area contributed by atoms with Gasteiger partial charge in [0.1, 0.15) is 5.82 Å². The first-order chi connectivity index (χ1) is 10.3. The van der Waals surface area contributed by atoms with E-state index in [2.05, 4.69) is 21.3 Å². The summed E-state index contributed by atoms with van der Waals surface area (Å²) in [5, 5.41) is 2.89. The fraction of sp³-hybridized carbons (Fsp3) is 0.438. The van der Waals surface area contributed by atoms with E-state index >= 15 is 0 Å². The van der Waals surface area contributed by atoms with Gasteiger partial charge in [-0.15, -0.1) is 11.3 Å². The minimum atomic E-state index is -0.0590. The summed E-state index contributed by atoms with van der Waals surface area (Å²) < 4.78 is 6.23. The number of hydrogen-bond acceptors (Lipinski definition) is 4. The number of rotatable bonds is 1. The molecule has 1 fully saturated rings. The maximum absolute atomic E-state index is 6.23. The standard InChI is InChI=1S/C16H17ClN2OS/c17-12-1-2-15(18-11-12)19-7-5-16(6-8-19)13-4-10-21-14(13)3-9-20-16/h1-2,4,10-11H,3,5-9H2. The first kappa shape index (κ1) is 13.6. The third kappa shape index (κ3) is 2.35. The Morgan fingerprint density at radius 1 is 1.24 bits per heavy atom. The predicted molar refractivity (Wildman–Crippen MR) is 86.3 cm³/mol. The molecule has 5 heteroatoms. The summed E-state index contributed by atoms with van der Waals surface area (Å²) >= 11 is 7.78. The lowest BCUT2D eigenvalue weighted by molar-refractivity contribution is -0.0757. The maximum atomic E-state index is 6.23. The largest absolute Gasteiger partial charge is 0.370 e. The summed E-state index contributed by atoms with van der Waals surface area (Å²) in [6.07, 6.45) is 4.84. The molecule has 2 aromatic heterocycles. The Bertz CT molecular complexity index is 632. The zero-order valence-electron chi connectivity index (χ0n) is 11.7. The molecule has 0 bridgehead atoms. The van der Waals surface area contributed by atoms with Crippen molar-refractivity contribution in [3.8, 4) is 0 Å². The molecule has 21 heavy (non-hydrogen) atoms. The highest BCUT2D eigenvalue weighted by molar-refractivity contribution is 7.10. The summed E-state index contributed by atoms with van der Waals surface area (Å²) in [7, 11) is 0. The minimum absolute atomic E-state index is 0.0590. The molecule has 0 saturated carbocycles. The van der Waals surface area contributed by atoms with Crippen LogP contribution in [-0.4, -0.2) is 24.7 Å². The number of thiophene rings is 1. The lowest BCUT2D eigenvalue weighted by Gasteiger charge is -2.44. The molecular weight excluding hydrogens is 304 g/mol. The van der Waals surface area contributed by atoms with Crippen LogP contribution in [0.1, 0.15) is 23.3 Å². The molecule has 2 aliphatic heterocycles. The van der Waals surface area contributed by atoms with Crippen LogP contribution in [-0.2, 0) is 16.8 Å². The third-order valence-electron chi connectivity index (χ3n) is 4.55. The molecule has 0 aromatic carbocycles. The van der Waals surface area contributed by atoms with Gasteiger partial charge in [0.2, 0.25) is 0 Å². The van der Waals surface area contributed by atoms with Gasteiger partial charge in [0.15, 0.2) is 0 Å². The molecule has 110 valence electrons. The number of hydrogen-bond donors (Lipinski definition) is 0. The molecule has 2 aliphatic rings. The first-order valence-electron chi connectivity index (χ1n) is 7.34. The van der Waals surface area contributed by atoms with E-state index in [1.54, 1.807) is 6.20 Å². The molecule has 1 spiro atoms. The third-order valence-corrected chi connectivity index (χ3v) is 5.75. The van der Waals surface area contributed by atoms with E-state index in [4.69, 9.17) is 16.3 Å². The highest BCUT2D eigenvalue weighted by Crippen LogP contribution is 2.43. The van der Waals surface area contributed by atoms with Crippen LogP contribution >= 0.6 is 22.9 Å². The van der Waals surface area contributed by atoms with E-state index < -0.39 is 0 Å². The van der Waals surface area contributed by atoms with Gasteiger partial charge in [-0.2, -0.15) is 0 Å². The van der Waals surface area contributed by atoms with Crippen LogP contribution in [0.2, 0.25) is 5.02 Å². The Kier molecular flexibility index (Phi) is 3.40. The fourth-order valence-electron chi connectivity index (χ4n) is 3.42. The second-order valence-corrected chi connectivity index (χ2v) is 7.11. The van der Waals surface area contributed by atoms with Crippen LogP contribution in [0.5, 0.6) is 0 Å². The average molecular weight is 321 g/mol. The van der Waals surface area contributed by atoms with E-state index in [9.17, 15) is 0 Å². The molecule has 2 aromatic rings.